The number of anilines is 1. The molecule has 2 nitrogen and oxygen atoms in total. The molecule has 2 aromatic carbocycles. The number of nitrogens with zero attached hydrogens (tertiary/aromatic N) is 1. The molecule has 0 unspecified atom stereocenters. The zero-order chi connectivity index (χ0) is 12.8. The van der Waals surface area contributed by atoms with E-state index in [1.54, 1.807) is 11.8 Å². The maximum absolute atomic E-state index is 4.22. The summed E-state index contributed by atoms with van der Waals surface area (Å²) >= 11 is 1.74. The number of aryl methyl sites for hydroxylation is 1. The summed E-state index contributed by atoms with van der Waals surface area (Å²) in [6.07, 6.45) is 3.89. The van der Waals surface area contributed by atoms with Crippen molar-refractivity contribution in [3.63, 3.8) is 0 Å². The van der Waals surface area contributed by atoms with E-state index in [9.17, 15) is 0 Å². The van der Waals surface area contributed by atoms with Crippen LogP contribution in [-0.4, -0.2) is 12.5 Å². The molecule has 0 amide bonds. The smallest absolute Gasteiger partial charge is 0.0561 e. The number of nitrogens with one attached hydrogen (secondary N) is 1. The molecule has 0 bridgehead atoms. The van der Waals surface area contributed by atoms with Crippen molar-refractivity contribution in [1.82, 2.24) is 0 Å². The molecular weight excluding hydrogens is 240 g/mol. The summed E-state index contributed by atoms with van der Waals surface area (Å²) in [6, 6.07) is 16.5. The van der Waals surface area contributed by atoms with Crippen molar-refractivity contribution in [3.8, 4) is 0 Å². The molecule has 1 N–H and O–H groups in total. The minimum Gasteiger partial charge on any atom is -0.279 e. The van der Waals surface area contributed by atoms with Gasteiger partial charge in [-0.1, -0.05) is 29.8 Å². The van der Waals surface area contributed by atoms with Gasteiger partial charge < -0.3 is 0 Å². The molecule has 0 atom stereocenters. The molecule has 0 aliphatic carbocycles. The monoisotopic (exact) mass is 256 g/mol. The van der Waals surface area contributed by atoms with E-state index in [1.165, 1.54) is 10.5 Å². The number of benzene rings is 2. The first-order chi connectivity index (χ1) is 8.78. The van der Waals surface area contributed by atoms with Crippen LogP contribution in [0, 0.1) is 6.92 Å². The van der Waals surface area contributed by atoms with Gasteiger partial charge in [0.2, 0.25) is 0 Å². The molecule has 0 spiro atoms. The topological polar surface area (TPSA) is 24.4 Å². The molecule has 0 fully saturated rings. The maximum Gasteiger partial charge on any atom is 0.0561 e. The van der Waals surface area contributed by atoms with E-state index >= 15 is 0 Å². The van der Waals surface area contributed by atoms with E-state index in [-0.39, 0.29) is 0 Å². The van der Waals surface area contributed by atoms with E-state index in [2.05, 4.69) is 60.1 Å². The van der Waals surface area contributed by atoms with E-state index in [1.807, 2.05) is 18.3 Å². The van der Waals surface area contributed by atoms with Gasteiger partial charge >= 0.3 is 0 Å². The van der Waals surface area contributed by atoms with Crippen LogP contribution in [0.25, 0.3) is 0 Å². The Balaban J connectivity index is 1.96. The van der Waals surface area contributed by atoms with Gasteiger partial charge in [-0.05, 0) is 43.0 Å². The van der Waals surface area contributed by atoms with Crippen LogP contribution >= 0.6 is 11.8 Å². The first-order valence-electron chi connectivity index (χ1n) is 5.78. The van der Waals surface area contributed by atoms with Crippen LogP contribution in [-0.2, 0) is 0 Å². The van der Waals surface area contributed by atoms with Gasteiger partial charge in [0.15, 0.2) is 0 Å². The summed E-state index contributed by atoms with van der Waals surface area (Å²) in [4.78, 5) is 1.26. The van der Waals surface area contributed by atoms with Crippen molar-refractivity contribution in [2.24, 2.45) is 5.10 Å². The van der Waals surface area contributed by atoms with Crippen molar-refractivity contribution in [1.29, 1.82) is 0 Å². The third-order valence-electron chi connectivity index (χ3n) is 2.57. The molecule has 0 heterocycles. The highest BCUT2D eigenvalue weighted by atomic mass is 32.2. The molecule has 0 aliphatic rings. The van der Waals surface area contributed by atoms with Crippen LogP contribution in [0.5, 0.6) is 0 Å². The quantitative estimate of drug-likeness (QED) is 0.504. The number of hydrogen-bond donors (Lipinski definition) is 1. The Bertz CT molecular complexity index is 515. The first kappa shape index (κ1) is 12.7. The number of hydrazone groups is 1. The van der Waals surface area contributed by atoms with Crippen molar-refractivity contribution < 1.29 is 0 Å². The zero-order valence-corrected chi connectivity index (χ0v) is 11.4. The summed E-state index contributed by atoms with van der Waals surface area (Å²) in [7, 11) is 0. The third kappa shape index (κ3) is 3.64. The first-order valence-corrected chi connectivity index (χ1v) is 7.00. The van der Waals surface area contributed by atoms with Gasteiger partial charge in [0.25, 0.3) is 0 Å². The SMILES string of the molecule is CSc1ccc(C=NNc2ccc(C)cc2)cc1. The predicted molar refractivity (Wildman–Crippen MR) is 80.6 cm³/mol. The number of rotatable bonds is 4. The molecule has 0 radical (unpaired) electrons. The molecular formula is C15H16N2S. The standard InChI is InChI=1S/C15H16N2S/c1-12-3-7-14(8-4-12)17-16-11-13-5-9-15(18-2)10-6-13/h3-11,17H,1-2H3. The van der Waals surface area contributed by atoms with Crippen LogP contribution in [0.1, 0.15) is 11.1 Å². The minimum absolute atomic E-state index is 0.998. The van der Waals surface area contributed by atoms with Crippen molar-refractivity contribution in [3.05, 3.63) is 59.7 Å². The number of hydrogen-bond acceptors (Lipinski definition) is 3. The van der Waals surface area contributed by atoms with Gasteiger partial charge in [0.05, 0.1) is 11.9 Å². The van der Waals surface area contributed by atoms with Gasteiger partial charge in [0.1, 0.15) is 0 Å². The van der Waals surface area contributed by atoms with E-state index < -0.39 is 0 Å². The highest BCUT2D eigenvalue weighted by Gasteiger charge is 1.91. The number of thioether (sulfide) groups is 1. The Morgan fingerprint density at radius 2 is 1.67 bits per heavy atom. The lowest BCUT2D eigenvalue weighted by Crippen LogP contribution is -1.90. The lowest BCUT2D eigenvalue weighted by atomic mass is 10.2. The van der Waals surface area contributed by atoms with Gasteiger partial charge in [-0.3, -0.25) is 5.43 Å². The Morgan fingerprint density at radius 3 is 2.28 bits per heavy atom. The Hall–Kier alpha value is -1.74. The van der Waals surface area contributed by atoms with Gasteiger partial charge in [-0.25, -0.2) is 0 Å². The van der Waals surface area contributed by atoms with E-state index in [0.717, 1.165) is 11.3 Å². The second-order valence-corrected chi connectivity index (χ2v) is 4.89. The average Bonchev–Trinajstić information content (AvgIpc) is 2.42. The fourth-order valence-electron chi connectivity index (χ4n) is 1.50. The second kappa shape index (κ2) is 6.26. The summed E-state index contributed by atoms with van der Waals surface area (Å²) in [5.74, 6) is 0. The minimum atomic E-state index is 0.998. The molecule has 0 aromatic heterocycles. The fraction of sp³-hybridized carbons (Fsp3) is 0.133. The third-order valence-corrected chi connectivity index (χ3v) is 3.32. The molecule has 3 heteroatoms. The van der Waals surface area contributed by atoms with Gasteiger partial charge in [-0.2, -0.15) is 5.10 Å². The normalized spacial score (nSPS) is 10.8. The average molecular weight is 256 g/mol. The molecule has 0 saturated carbocycles. The lowest BCUT2D eigenvalue weighted by Gasteiger charge is -2.00. The predicted octanol–water partition coefficient (Wildman–Crippen LogP) is 4.16. The van der Waals surface area contributed by atoms with E-state index in [0.29, 0.717) is 0 Å². The van der Waals surface area contributed by atoms with Gasteiger partial charge in [-0.15, -0.1) is 11.8 Å². The van der Waals surface area contributed by atoms with Crippen molar-refractivity contribution in [2.45, 2.75) is 11.8 Å². The maximum atomic E-state index is 4.22. The molecule has 18 heavy (non-hydrogen) atoms. The van der Waals surface area contributed by atoms with Crippen LogP contribution in [0.2, 0.25) is 0 Å². The summed E-state index contributed by atoms with van der Waals surface area (Å²) in [6.45, 7) is 2.07. The largest absolute Gasteiger partial charge is 0.279 e. The summed E-state index contributed by atoms with van der Waals surface area (Å²) < 4.78 is 0. The van der Waals surface area contributed by atoms with E-state index in [4.69, 9.17) is 0 Å². The van der Waals surface area contributed by atoms with Crippen molar-refractivity contribution in [2.75, 3.05) is 11.7 Å². The Kier molecular flexibility index (Phi) is 4.42. The zero-order valence-electron chi connectivity index (χ0n) is 10.6. The highest BCUT2D eigenvalue weighted by molar-refractivity contribution is 7.98. The molecule has 2 aromatic rings. The highest BCUT2D eigenvalue weighted by Crippen LogP contribution is 2.14. The van der Waals surface area contributed by atoms with Crippen LogP contribution in [0.15, 0.2) is 58.5 Å². The lowest BCUT2D eigenvalue weighted by molar-refractivity contribution is 1.33. The van der Waals surface area contributed by atoms with Crippen LogP contribution in [0.4, 0.5) is 5.69 Å². The van der Waals surface area contributed by atoms with Gasteiger partial charge in [0, 0.05) is 4.90 Å². The molecule has 0 aliphatic heterocycles. The summed E-state index contributed by atoms with van der Waals surface area (Å²) in [5, 5.41) is 4.22. The second-order valence-electron chi connectivity index (χ2n) is 4.01. The molecule has 92 valence electrons. The van der Waals surface area contributed by atoms with Crippen LogP contribution in [0.3, 0.4) is 0 Å². The van der Waals surface area contributed by atoms with Crippen LogP contribution < -0.4 is 5.43 Å². The fourth-order valence-corrected chi connectivity index (χ4v) is 1.91. The molecule has 2 rings (SSSR count). The Morgan fingerprint density at radius 1 is 1.00 bits per heavy atom. The Labute approximate surface area is 112 Å². The molecule has 0 saturated heterocycles. The summed E-state index contributed by atoms with van der Waals surface area (Å²) in [5.41, 5.74) is 6.35. The van der Waals surface area contributed by atoms with Crippen molar-refractivity contribution >= 4 is 23.7 Å².